The SMILES string of the molecule is COC(=O)C1COC(=S)N1C(C)=O. The number of hydrogen-bond donors (Lipinski definition) is 0. The van der Waals surface area contributed by atoms with E-state index >= 15 is 0 Å². The van der Waals surface area contributed by atoms with Gasteiger partial charge in [-0.2, -0.15) is 0 Å². The van der Waals surface area contributed by atoms with E-state index in [1.165, 1.54) is 14.0 Å². The third kappa shape index (κ3) is 1.77. The van der Waals surface area contributed by atoms with E-state index in [4.69, 9.17) is 17.0 Å². The second kappa shape index (κ2) is 3.69. The maximum Gasteiger partial charge on any atom is 0.332 e. The predicted molar refractivity (Wildman–Crippen MR) is 46.9 cm³/mol. The predicted octanol–water partition coefficient (Wildman–Crippen LogP) is -0.308. The minimum absolute atomic E-state index is 0.0305. The van der Waals surface area contributed by atoms with Crippen LogP contribution in [0.5, 0.6) is 0 Å². The molecule has 0 N–H and O–H groups in total. The van der Waals surface area contributed by atoms with Crippen molar-refractivity contribution >= 4 is 29.3 Å². The van der Waals surface area contributed by atoms with E-state index in [1.54, 1.807) is 0 Å². The summed E-state index contributed by atoms with van der Waals surface area (Å²) in [4.78, 5) is 23.3. The summed E-state index contributed by atoms with van der Waals surface area (Å²) in [5.41, 5.74) is 0. The molecule has 72 valence electrons. The van der Waals surface area contributed by atoms with E-state index in [9.17, 15) is 9.59 Å². The van der Waals surface area contributed by atoms with Crippen LogP contribution < -0.4 is 0 Å². The number of carbonyl (C=O) groups is 2. The van der Waals surface area contributed by atoms with Gasteiger partial charge in [-0.15, -0.1) is 0 Å². The van der Waals surface area contributed by atoms with Crippen molar-refractivity contribution in [3.63, 3.8) is 0 Å². The zero-order valence-electron chi connectivity index (χ0n) is 7.27. The van der Waals surface area contributed by atoms with Crippen LogP contribution in [0.25, 0.3) is 0 Å². The molecule has 0 aliphatic carbocycles. The van der Waals surface area contributed by atoms with Gasteiger partial charge < -0.3 is 9.47 Å². The van der Waals surface area contributed by atoms with Crippen LogP contribution in [-0.2, 0) is 19.1 Å². The molecule has 13 heavy (non-hydrogen) atoms. The molecule has 0 aromatic rings. The molecular weight excluding hydrogens is 194 g/mol. The quantitative estimate of drug-likeness (QED) is 0.432. The first-order chi connectivity index (χ1) is 6.07. The van der Waals surface area contributed by atoms with E-state index < -0.39 is 12.0 Å². The van der Waals surface area contributed by atoms with Crippen molar-refractivity contribution in [2.45, 2.75) is 13.0 Å². The fourth-order valence-electron chi connectivity index (χ4n) is 1.08. The number of esters is 1. The van der Waals surface area contributed by atoms with E-state index in [0.29, 0.717) is 0 Å². The maximum absolute atomic E-state index is 11.1. The van der Waals surface area contributed by atoms with Crippen molar-refractivity contribution < 1.29 is 19.1 Å². The third-order valence-corrected chi connectivity index (χ3v) is 2.00. The van der Waals surface area contributed by atoms with Gasteiger partial charge in [-0.3, -0.25) is 9.69 Å². The number of amides is 1. The van der Waals surface area contributed by atoms with Gasteiger partial charge in [0.1, 0.15) is 6.61 Å². The summed E-state index contributed by atoms with van der Waals surface area (Å²) >= 11 is 4.74. The van der Waals surface area contributed by atoms with Crippen LogP contribution in [-0.4, -0.2) is 41.7 Å². The highest BCUT2D eigenvalue weighted by Gasteiger charge is 2.38. The molecule has 0 saturated carbocycles. The molecule has 0 bridgehead atoms. The van der Waals surface area contributed by atoms with Crippen LogP contribution in [0, 0.1) is 0 Å². The summed E-state index contributed by atoms with van der Waals surface area (Å²) in [6.45, 7) is 1.39. The number of carbonyl (C=O) groups excluding carboxylic acids is 2. The lowest BCUT2D eigenvalue weighted by Crippen LogP contribution is -2.42. The van der Waals surface area contributed by atoms with Crippen LogP contribution in [0.2, 0.25) is 0 Å². The molecule has 1 rings (SSSR count). The van der Waals surface area contributed by atoms with Gasteiger partial charge in [-0.1, -0.05) is 0 Å². The summed E-state index contributed by atoms with van der Waals surface area (Å²) in [6.07, 6.45) is 0. The molecule has 5 nitrogen and oxygen atoms in total. The lowest BCUT2D eigenvalue weighted by molar-refractivity contribution is -0.148. The van der Waals surface area contributed by atoms with Crippen molar-refractivity contribution in [3.8, 4) is 0 Å². The largest absolute Gasteiger partial charge is 0.468 e. The average Bonchev–Trinajstić information content (AvgIpc) is 2.45. The first-order valence-electron chi connectivity index (χ1n) is 3.62. The van der Waals surface area contributed by atoms with E-state index in [0.717, 1.165) is 4.90 Å². The Balaban J connectivity index is 2.81. The van der Waals surface area contributed by atoms with Gasteiger partial charge in [-0.05, 0) is 12.2 Å². The molecule has 1 atom stereocenters. The molecule has 1 aliphatic rings. The summed E-state index contributed by atoms with van der Waals surface area (Å²) < 4.78 is 9.39. The number of thiocarbonyl (C=S) groups is 1. The standard InChI is InChI=1S/C7H9NO4S/c1-4(9)8-5(6(10)11-2)3-12-7(8)13/h5H,3H2,1-2H3. The van der Waals surface area contributed by atoms with Gasteiger partial charge in [0.2, 0.25) is 5.91 Å². The minimum Gasteiger partial charge on any atom is -0.468 e. The molecule has 0 aromatic carbocycles. The van der Waals surface area contributed by atoms with Crippen LogP contribution in [0.3, 0.4) is 0 Å². The third-order valence-electron chi connectivity index (χ3n) is 1.69. The number of rotatable bonds is 1. The molecule has 1 fully saturated rings. The zero-order valence-corrected chi connectivity index (χ0v) is 8.09. The van der Waals surface area contributed by atoms with Gasteiger partial charge >= 0.3 is 5.97 Å². The van der Waals surface area contributed by atoms with Gasteiger partial charge in [0.25, 0.3) is 5.17 Å². The molecule has 0 aromatic heterocycles. The molecular formula is C7H9NO4S. The lowest BCUT2D eigenvalue weighted by atomic mass is 10.3. The minimum atomic E-state index is -0.727. The Morgan fingerprint density at radius 3 is 2.77 bits per heavy atom. The first kappa shape index (κ1) is 9.91. The fraction of sp³-hybridized carbons (Fsp3) is 0.571. The monoisotopic (exact) mass is 203 g/mol. The van der Waals surface area contributed by atoms with E-state index in [2.05, 4.69) is 4.74 Å². The zero-order chi connectivity index (χ0) is 10.0. The van der Waals surface area contributed by atoms with Crippen molar-refractivity contribution in [1.82, 2.24) is 4.90 Å². The molecule has 1 heterocycles. The topological polar surface area (TPSA) is 55.8 Å². The van der Waals surface area contributed by atoms with Crippen LogP contribution in [0.1, 0.15) is 6.92 Å². The van der Waals surface area contributed by atoms with E-state index in [-0.39, 0.29) is 17.7 Å². The van der Waals surface area contributed by atoms with Gasteiger partial charge in [0.05, 0.1) is 7.11 Å². The summed E-state index contributed by atoms with van der Waals surface area (Å²) in [6, 6.07) is -0.727. The first-order valence-corrected chi connectivity index (χ1v) is 4.03. The van der Waals surface area contributed by atoms with Gasteiger partial charge in [0.15, 0.2) is 6.04 Å². The molecule has 1 aliphatic heterocycles. The van der Waals surface area contributed by atoms with Gasteiger partial charge in [0, 0.05) is 6.92 Å². The van der Waals surface area contributed by atoms with Crippen molar-refractivity contribution in [2.75, 3.05) is 13.7 Å². The Morgan fingerprint density at radius 1 is 1.69 bits per heavy atom. The summed E-state index contributed by atoms with van der Waals surface area (Å²) in [5, 5.41) is 0.0305. The Bertz CT molecular complexity index is 265. The van der Waals surface area contributed by atoms with Crippen LogP contribution in [0.15, 0.2) is 0 Å². The highest BCUT2D eigenvalue weighted by atomic mass is 32.1. The highest BCUT2D eigenvalue weighted by molar-refractivity contribution is 7.80. The normalized spacial score (nSPS) is 21.2. The molecule has 6 heteroatoms. The second-order valence-electron chi connectivity index (χ2n) is 2.50. The molecule has 0 spiro atoms. The van der Waals surface area contributed by atoms with Crippen molar-refractivity contribution in [3.05, 3.63) is 0 Å². The Kier molecular flexibility index (Phi) is 2.82. The van der Waals surface area contributed by atoms with Crippen LogP contribution in [0.4, 0.5) is 0 Å². The number of ether oxygens (including phenoxy) is 2. The van der Waals surface area contributed by atoms with E-state index in [1.807, 2.05) is 0 Å². The second-order valence-corrected chi connectivity index (χ2v) is 2.85. The number of nitrogens with zero attached hydrogens (tertiary/aromatic N) is 1. The highest BCUT2D eigenvalue weighted by Crippen LogP contribution is 2.13. The van der Waals surface area contributed by atoms with Gasteiger partial charge in [-0.25, -0.2) is 4.79 Å². The molecule has 0 radical (unpaired) electrons. The summed E-state index contributed by atoms with van der Waals surface area (Å²) in [5.74, 6) is -0.840. The summed E-state index contributed by atoms with van der Waals surface area (Å²) in [7, 11) is 1.25. The Labute approximate surface area is 80.6 Å². The average molecular weight is 203 g/mol. The van der Waals surface area contributed by atoms with Crippen LogP contribution >= 0.6 is 12.2 Å². The molecule has 1 unspecified atom stereocenters. The number of methoxy groups -OCH3 is 1. The number of hydrogen-bond acceptors (Lipinski definition) is 5. The van der Waals surface area contributed by atoms with Crippen molar-refractivity contribution in [2.24, 2.45) is 0 Å². The Morgan fingerprint density at radius 2 is 2.31 bits per heavy atom. The lowest BCUT2D eigenvalue weighted by Gasteiger charge is -2.16. The van der Waals surface area contributed by atoms with Crippen molar-refractivity contribution in [1.29, 1.82) is 0 Å². The molecule has 1 saturated heterocycles. The molecule has 1 amide bonds. The smallest absolute Gasteiger partial charge is 0.332 e. The fourth-order valence-corrected chi connectivity index (χ4v) is 1.40. The Hall–Kier alpha value is -1.17. The maximum atomic E-state index is 11.1.